The van der Waals surface area contributed by atoms with Gasteiger partial charge in [0.05, 0.1) is 26.6 Å². The number of nitrogens with zero attached hydrogens (tertiary/aromatic N) is 10. The van der Waals surface area contributed by atoms with E-state index in [0.717, 1.165) is 17.1 Å². The first-order valence-corrected chi connectivity index (χ1v) is 15.0. The van der Waals surface area contributed by atoms with Gasteiger partial charge >= 0.3 is 0 Å². The van der Waals surface area contributed by atoms with Crippen LogP contribution in [0.1, 0.15) is 0 Å². The highest BCUT2D eigenvalue weighted by Crippen LogP contribution is 2.38. The summed E-state index contributed by atoms with van der Waals surface area (Å²) in [6.45, 7) is 0. The number of aromatic nitrogens is 11. The standard InChI is InChI=1S/C23H18FN13O4S2/c1-36-15(8-9-28-36)13-5-3-7-18(43(26,40)41)21(13)23-31-35-37(32-23)16-10-19(24)27-11-14(16)12-4-2-6-17(42(25,38)39)20(12)22-29-33-34-30-22/h2-11H,1H3,(H2,25,38,39)(H2,26,40,41)(H,29,30,33,34). The molecular formula is C23H18FN13O4S2. The fraction of sp³-hybridized carbons (Fsp3) is 0.0435. The third kappa shape index (κ3) is 5.03. The lowest BCUT2D eigenvalue weighted by molar-refractivity contribution is 0.579. The fourth-order valence-corrected chi connectivity index (χ4v) is 6.06. The Morgan fingerprint density at radius 3 is 2.14 bits per heavy atom. The molecule has 0 aliphatic carbocycles. The van der Waals surface area contributed by atoms with Crippen LogP contribution in [-0.2, 0) is 27.1 Å². The van der Waals surface area contributed by atoms with Crippen LogP contribution < -0.4 is 10.3 Å². The second-order valence-corrected chi connectivity index (χ2v) is 12.0. The smallest absolute Gasteiger partial charge is 0.238 e. The lowest BCUT2D eigenvalue weighted by Gasteiger charge is -2.14. The molecule has 0 amide bonds. The Bertz CT molecular complexity index is 2230. The topological polar surface area (TPSA) is 249 Å². The minimum absolute atomic E-state index is 0.0274. The number of rotatable bonds is 7. The number of tetrazole rings is 2. The average molecular weight is 624 g/mol. The fourth-order valence-electron chi connectivity index (χ4n) is 4.55. The Kier molecular flexibility index (Phi) is 6.60. The molecule has 0 aliphatic heterocycles. The summed E-state index contributed by atoms with van der Waals surface area (Å²) in [6, 6.07) is 11.2. The first-order chi connectivity index (χ1) is 20.4. The van der Waals surface area contributed by atoms with Crippen molar-refractivity contribution in [3.8, 4) is 50.8 Å². The maximum absolute atomic E-state index is 14.6. The molecule has 20 heteroatoms. The number of nitrogens with two attached hydrogens (primary N) is 2. The van der Waals surface area contributed by atoms with Crippen molar-refractivity contribution in [3.63, 3.8) is 0 Å². The minimum Gasteiger partial charge on any atom is -0.268 e. The van der Waals surface area contributed by atoms with Crippen molar-refractivity contribution < 1.29 is 21.2 Å². The number of aryl methyl sites for hydroxylation is 1. The summed E-state index contributed by atoms with van der Waals surface area (Å²) in [6.07, 6.45) is 2.65. The SMILES string of the molecule is Cn1nccc1-c1cccc(S(N)(=O)=O)c1-c1nnn(-c2cc(F)ncc2-c2cccc(S(N)(=O)=O)c2-c2nn[nH]n2)n1. The van der Waals surface area contributed by atoms with Crippen LogP contribution in [0.4, 0.5) is 4.39 Å². The molecule has 2 aromatic carbocycles. The van der Waals surface area contributed by atoms with Crippen LogP contribution in [0.25, 0.3) is 50.8 Å². The molecule has 0 spiro atoms. The molecule has 0 atom stereocenters. The molecular weight excluding hydrogens is 605 g/mol. The quantitative estimate of drug-likeness (QED) is 0.204. The molecule has 0 radical (unpaired) electrons. The van der Waals surface area contributed by atoms with E-state index in [1.807, 2.05) is 0 Å². The van der Waals surface area contributed by atoms with Crippen molar-refractivity contribution in [2.75, 3.05) is 0 Å². The van der Waals surface area contributed by atoms with Gasteiger partial charge in [-0.1, -0.05) is 24.3 Å². The molecule has 17 nitrogen and oxygen atoms in total. The van der Waals surface area contributed by atoms with E-state index in [9.17, 15) is 21.2 Å². The van der Waals surface area contributed by atoms with Gasteiger partial charge in [0.1, 0.15) is 5.69 Å². The highest BCUT2D eigenvalue weighted by Gasteiger charge is 2.27. The van der Waals surface area contributed by atoms with E-state index in [-0.39, 0.29) is 49.4 Å². The zero-order chi connectivity index (χ0) is 30.5. The number of nitrogens with one attached hydrogen (secondary N) is 1. The third-order valence-electron chi connectivity index (χ3n) is 6.32. The zero-order valence-electron chi connectivity index (χ0n) is 21.7. The van der Waals surface area contributed by atoms with Crippen LogP contribution in [0.15, 0.2) is 70.7 Å². The largest absolute Gasteiger partial charge is 0.268 e. The zero-order valence-corrected chi connectivity index (χ0v) is 23.4. The molecule has 0 aliphatic rings. The van der Waals surface area contributed by atoms with E-state index < -0.39 is 26.0 Å². The number of benzene rings is 2. The number of sulfonamides is 2. The first-order valence-electron chi connectivity index (χ1n) is 11.9. The van der Waals surface area contributed by atoms with Crippen LogP contribution >= 0.6 is 0 Å². The lowest BCUT2D eigenvalue weighted by Crippen LogP contribution is -2.15. The van der Waals surface area contributed by atoms with E-state index in [4.69, 9.17) is 10.3 Å². The monoisotopic (exact) mass is 623 g/mol. The number of aromatic amines is 1. The summed E-state index contributed by atoms with van der Waals surface area (Å²) in [5.41, 5.74) is 1.13. The van der Waals surface area contributed by atoms with Crippen molar-refractivity contribution in [2.24, 2.45) is 17.3 Å². The maximum Gasteiger partial charge on any atom is 0.238 e. The molecule has 0 saturated carbocycles. The average Bonchev–Trinajstić information content (AvgIpc) is 3.74. The second kappa shape index (κ2) is 10.2. The molecule has 4 heterocycles. The van der Waals surface area contributed by atoms with Crippen LogP contribution in [0.2, 0.25) is 0 Å². The summed E-state index contributed by atoms with van der Waals surface area (Å²) in [5, 5.41) is 41.2. The van der Waals surface area contributed by atoms with Gasteiger partial charge in [0, 0.05) is 36.6 Å². The molecule has 6 aromatic rings. The van der Waals surface area contributed by atoms with Crippen molar-refractivity contribution in [1.29, 1.82) is 0 Å². The number of halogens is 1. The van der Waals surface area contributed by atoms with Gasteiger partial charge in [-0.15, -0.1) is 25.2 Å². The minimum atomic E-state index is -4.30. The Labute approximate surface area is 241 Å². The number of hydrogen-bond acceptors (Lipinski definition) is 12. The summed E-state index contributed by atoms with van der Waals surface area (Å²) >= 11 is 0. The van der Waals surface area contributed by atoms with E-state index >= 15 is 0 Å². The number of H-pyrrole nitrogens is 1. The predicted octanol–water partition coefficient (Wildman–Crippen LogP) is 0.406. The van der Waals surface area contributed by atoms with E-state index in [1.54, 1.807) is 19.2 Å². The molecule has 218 valence electrons. The molecule has 0 bridgehead atoms. The molecule has 0 unspecified atom stereocenters. The van der Waals surface area contributed by atoms with Crippen LogP contribution in [-0.4, -0.2) is 72.4 Å². The number of hydrogen-bond donors (Lipinski definition) is 3. The molecule has 5 N–H and O–H groups in total. The number of primary sulfonamides is 2. The summed E-state index contributed by atoms with van der Waals surface area (Å²) in [4.78, 5) is 4.03. The molecule has 6 rings (SSSR count). The maximum atomic E-state index is 14.6. The molecule has 0 saturated heterocycles. The van der Waals surface area contributed by atoms with Gasteiger partial charge in [0.2, 0.25) is 37.6 Å². The highest BCUT2D eigenvalue weighted by molar-refractivity contribution is 7.89. The van der Waals surface area contributed by atoms with E-state index in [1.165, 1.54) is 41.2 Å². The van der Waals surface area contributed by atoms with Crippen molar-refractivity contribution in [2.45, 2.75) is 9.79 Å². The lowest BCUT2D eigenvalue weighted by atomic mass is 9.99. The van der Waals surface area contributed by atoms with Gasteiger partial charge < -0.3 is 0 Å². The summed E-state index contributed by atoms with van der Waals surface area (Å²) < 4.78 is 66.2. The summed E-state index contributed by atoms with van der Waals surface area (Å²) in [5.74, 6) is -1.22. The van der Waals surface area contributed by atoms with Crippen molar-refractivity contribution in [1.82, 2.24) is 55.6 Å². The van der Waals surface area contributed by atoms with E-state index in [2.05, 4.69) is 46.1 Å². The van der Waals surface area contributed by atoms with Gasteiger partial charge in [-0.2, -0.15) is 14.7 Å². The van der Waals surface area contributed by atoms with Gasteiger partial charge in [0.25, 0.3) is 0 Å². The van der Waals surface area contributed by atoms with Crippen molar-refractivity contribution >= 4 is 20.0 Å². The normalized spacial score (nSPS) is 12.1. The highest BCUT2D eigenvalue weighted by atomic mass is 32.2. The van der Waals surface area contributed by atoms with Crippen LogP contribution in [0, 0.1) is 5.95 Å². The second-order valence-electron chi connectivity index (χ2n) is 8.95. The Morgan fingerprint density at radius 2 is 1.53 bits per heavy atom. The van der Waals surface area contributed by atoms with E-state index in [0.29, 0.717) is 11.3 Å². The van der Waals surface area contributed by atoms with Gasteiger partial charge in [0.15, 0.2) is 0 Å². The Morgan fingerprint density at radius 1 is 0.860 bits per heavy atom. The van der Waals surface area contributed by atoms with Crippen molar-refractivity contribution in [3.05, 3.63) is 66.9 Å². The predicted molar refractivity (Wildman–Crippen MR) is 146 cm³/mol. The first kappa shape index (κ1) is 27.8. The molecule has 43 heavy (non-hydrogen) atoms. The van der Waals surface area contributed by atoms with Gasteiger partial charge in [-0.3, -0.25) is 4.68 Å². The number of pyridine rings is 1. The Hall–Kier alpha value is -5.31. The Balaban J connectivity index is 1.60. The molecule has 4 aromatic heterocycles. The van der Waals surface area contributed by atoms with Gasteiger partial charge in [-0.25, -0.2) is 32.1 Å². The van der Waals surface area contributed by atoms with Crippen LogP contribution in [0.3, 0.4) is 0 Å². The van der Waals surface area contributed by atoms with Crippen LogP contribution in [0.5, 0.6) is 0 Å². The summed E-state index contributed by atoms with van der Waals surface area (Å²) in [7, 11) is -6.91. The third-order valence-corrected chi connectivity index (χ3v) is 8.23. The molecule has 0 fully saturated rings. The van der Waals surface area contributed by atoms with Gasteiger partial charge in [-0.05, 0) is 34.2 Å².